The molecule has 2 amide bonds. The standard InChI is InChI=1S/C18H23FN4O2/c1-12(15-7-4-10-25-15)21-18(24)22-16(17-20-8-9-23(17)2)13-5-3-6-14(19)11-13/h3,5-6,8-9,11-12,15-16H,4,7,10H2,1-2H3,(H2,21,22,24)/t12-,15-,16+/m0/s1. The normalized spacial score (nSPS) is 19.4. The van der Waals surface area contributed by atoms with Crippen molar-refractivity contribution in [2.75, 3.05) is 6.61 Å². The summed E-state index contributed by atoms with van der Waals surface area (Å²) in [4.78, 5) is 16.8. The third-order valence-electron chi connectivity index (χ3n) is 4.46. The summed E-state index contributed by atoms with van der Waals surface area (Å²) in [6.07, 6.45) is 5.42. The zero-order valence-corrected chi connectivity index (χ0v) is 14.4. The third-order valence-corrected chi connectivity index (χ3v) is 4.46. The molecular weight excluding hydrogens is 323 g/mol. The van der Waals surface area contributed by atoms with Crippen LogP contribution < -0.4 is 10.6 Å². The second-order valence-electron chi connectivity index (χ2n) is 6.34. The van der Waals surface area contributed by atoms with Gasteiger partial charge < -0.3 is 19.9 Å². The molecule has 3 atom stereocenters. The molecule has 1 aromatic heterocycles. The number of hydrogen-bond donors (Lipinski definition) is 2. The number of benzene rings is 1. The molecule has 7 heteroatoms. The number of hydrogen-bond acceptors (Lipinski definition) is 3. The van der Waals surface area contributed by atoms with Crippen molar-refractivity contribution in [3.8, 4) is 0 Å². The number of halogens is 1. The van der Waals surface area contributed by atoms with Crippen molar-refractivity contribution < 1.29 is 13.9 Å². The zero-order chi connectivity index (χ0) is 17.8. The Morgan fingerprint density at radius 1 is 1.44 bits per heavy atom. The SMILES string of the molecule is C[C@H](NC(=O)N[C@H](c1cccc(F)c1)c1nccn1C)[C@@H]1CCCO1. The number of aromatic nitrogens is 2. The van der Waals surface area contributed by atoms with Gasteiger partial charge in [-0.1, -0.05) is 12.1 Å². The van der Waals surface area contributed by atoms with Crippen molar-refractivity contribution >= 4 is 6.03 Å². The van der Waals surface area contributed by atoms with E-state index in [-0.39, 0.29) is 24.0 Å². The van der Waals surface area contributed by atoms with Crippen molar-refractivity contribution in [1.29, 1.82) is 0 Å². The van der Waals surface area contributed by atoms with Gasteiger partial charge in [-0.25, -0.2) is 14.2 Å². The van der Waals surface area contributed by atoms with Crippen LogP contribution in [0, 0.1) is 5.82 Å². The van der Waals surface area contributed by atoms with Crippen LogP contribution in [0.15, 0.2) is 36.7 Å². The van der Waals surface area contributed by atoms with E-state index < -0.39 is 6.04 Å². The van der Waals surface area contributed by atoms with Crippen molar-refractivity contribution in [3.63, 3.8) is 0 Å². The van der Waals surface area contributed by atoms with Crippen LogP contribution in [0.4, 0.5) is 9.18 Å². The van der Waals surface area contributed by atoms with Crippen LogP contribution >= 0.6 is 0 Å². The number of nitrogens with zero attached hydrogens (tertiary/aromatic N) is 2. The molecule has 0 aliphatic carbocycles. The van der Waals surface area contributed by atoms with E-state index in [1.807, 2.05) is 14.0 Å². The molecule has 0 bridgehead atoms. The van der Waals surface area contributed by atoms with E-state index in [1.54, 1.807) is 29.1 Å². The third kappa shape index (κ3) is 4.17. The Kier molecular flexibility index (Phi) is 5.33. The number of nitrogens with one attached hydrogen (secondary N) is 2. The molecule has 2 N–H and O–H groups in total. The second-order valence-corrected chi connectivity index (χ2v) is 6.34. The lowest BCUT2D eigenvalue weighted by Gasteiger charge is -2.23. The minimum absolute atomic E-state index is 0.0338. The predicted molar refractivity (Wildman–Crippen MR) is 91.6 cm³/mol. The van der Waals surface area contributed by atoms with Gasteiger partial charge in [-0.2, -0.15) is 0 Å². The molecule has 1 aliphatic heterocycles. The molecule has 6 nitrogen and oxygen atoms in total. The van der Waals surface area contributed by atoms with Crippen LogP contribution in [0.2, 0.25) is 0 Å². The summed E-state index contributed by atoms with van der Waals surface area (Å²) in [6, 6.07) is 5.19. The molecule has 0 spiro atoms. The summed E-state index contributed by atoms with van der Waals surface area (Å²) >= 11 is 0. The second kappa shape index (κ2) is 7.65. The van der Waals surface area contributed by atoms with Gasteiger partial charge in [-0.15, -0.1) is 0 Å². The van der Waals surface area contributed by atoms with Crippen molar-refractivity contribution in [2.24, 2.45) is 7.05 Å². The quantitative estimate of drug-likeness (QED) is 0.874. The van der Waals surface area contributed by atoms with E-state index in [9.17, 15) is 9.18 Å². The predicted octanol–water partition coefficient (Wildman–Crippen LogP) is 2.52. The number of aryl methyl sites for hydroxylation is 1. The number of amides is 2. The Hall–Kier alpha value is -2.41. The van der Waals surface area contributed by atoms with E-state index in [2.05, 4.69) is 15.6 Å². The molecule has 1 aliphatic rings. The Morgan fingerprint density at radius 2 is 2.28 bits per heavy atom. The summed E-state index contributed by atoms with van der Waals surface area (Å²) in [5, 5.41) is 5.81. The van der Waals surface area contributed by atoms with Gasteiger partial charge in [-0.05, 0) is 37.5 Å². The lowest BCUT2D eigenvalue weighted by molar-refractivity contribution is 0.0859. The summed E-state index contributed by atoms with van der Waals surface area (Å²) in [6.45, 7) is 2.66. The maximum atomic E-state index is 13.6. The summed E-state index contributed by atoms with van der Waals surface area (Å²) in [5.41, 5.74) is 0.634. The van der Waals surface area contributed by atoms with E-state index in [1.165, 1.54) is 12.1 Å². The summed E-state index contributed by atoms with van der Waals surface area (Å²) < 4.78 is 21.1. The fourth-order valence-electron chi connectivity index (χ4n) is 3.11. The van der Waals surface area contributed by atoms with Gasteiger partial charge in [0.15, 0.2) is 0 Å². The van der Waals surface area contributed by atoms with Gasteiger partial charge in [0.2, 0.25) is 0 Å². The molecule has 1 aromatic carbocycles. The molecule has 2 aromatic rings. The Bertz CT molecular complexity index is 727. The van der Waals surface area contributed by atoms with Crippen molar-refractivity contribution in [3.05, 3.63) is 53.9 Å². The van der Waals surface area contributed by atoms with Crippen LogP contribution in [0.3, 0.4) is 0 Å². The van der Waals surface area contributed by atoms with Gasteiger partial charge in [-0.3, -0.25) is 0 Å². The van der Waals surface area contributed by atoms with Gasteiger partial charge in [0.1, 0.15) is 17.7 Å². The van der Waals surface area contributed by atoms with Crippen molar-refractivity contribution in [2.45, 2.75) is 38.0 Å². The number of ether oxygens (including phenoxy) is 1. The molecule has 0 unspecified atom stereocenters. The van der Waals surface area contributed by atoms with Crippen molar-refractivity contribution in [1.82, 2.24) is 20.2 Å². The first-order valence-electron chi connectivity index (χ1n) is 8.46. The minimum atomic E-state index is -0.549. The smallest absolute Gasteiger partial charge is 0.315 e. The average Bonchev–Trinajstić information content (AvgIpc) is 3.24. The van der Waals surface area contributed by atoms with Gasteiger partial charge in [0.05, 0.1) is 12.1 Å². The Labute approximate surface area is 146 Å². The summed E-state index contributed by atoms with van der Waals surface area (Å²) in [7, 11) is 1.84. The highest BCUT2D eigenvalue weighted by Gasteiger charge is 2.26. The van der Waals surface area contributed by atoms with Gasteiger partial charge >= 0.3 is 6.03 Å². The van der Waals surface area contributed by atoms with E-state index in [4.69, 9.17) is 4.74 Å². The van der Waals surface area contributed by atoms with Crippen LogP contribution in [0.5, 0.6) is 0 Å². The highest BCUT2D eigenvalue weighted by atomic mass is 19.1. The first-order chi connectivity index (χ1) is 12.0. The van der Waals surface area contributed by atoms with E-state index >= 15 is 0 Å². The molecule has 3 rings (SSSR count). The highest BCUT2D eigenvalue weighted by Crippen LogP contribution is 2.21. The lowest BCUT2D eigenvalue weighted by Crippen LogP contribution is -2.47. The average molecular weight is 346 g/mol. The molecular formula is C18H23FN4O2. The van der Waals surface area contributed by atoms with E-state index in [0.717, 1.165) is 19.4 Å². The van der Waals surface area contributed by atoms with Gasteiger partial charge in [0, 0.05) is 26.0 Å². The molecule has 134 valence electrons. The molecule has 0 radical (unpaired) electrons. The number of rotatable bonds is 5. The molecule has 2 heterocycles. The highest BCUT2D eigenvalue weighted by molar-refractivity contribution is 5.75. The fourth-order valence-corrected chi connectivity index (χ4v) is 3.11. The van der Waals surface area contributed by atoms with E-state index in [0.29, 0.717) is 11.4 Å². The zero-order valence-electron chi connectivity index (χ0n) is 14.4. The number of urea groups is 1. The largest absolute Gasteiger partial charge is 0.376 e. The maximum Gasteiger partial charge on any atom is 0.315 e. The van der Waals surface area contributed by atoms with Crippen LogP contribution in [-0.4, -0.2) is 34.3 Å². The fraction of sp³-hybridized carbons (Fsp3) is 0.444. The Balaban J connectivity index is 1.75. The maximum absolute atomic E-state index is 13.6. The lowest BCUT2D eigenvalue weighted by atomic mass is 10.1. The molecule has 1 saturated heterocycles. The van der Waals surface area contributed by atoms with Crippen LogP contribution in [0.1, 0.15) is 37.2 Å². The van der Waals surface area contributed by atoms with Crippen LogP contribution in [0.25, 0.3) is 0 Å². The first kappa shape index (κ1) is 17.4. The topological polar surface area (TPSA) is 68.2 Å². The summed E-state index contributed by atoms with van der Waals surface area (Å²) in [5.74, 6) is 0.275. The Morgan fingerprint density at radius 3 is 2.92 bits per heavy atom. The molecule has 1 fully saturated rings. The molecule has 0 saturated carbocycles. The number of carbonyl (C=O) groups excluding carboxylic acids is 1. The number of carbonyl (C=O) groups is 1. The first-order valence-corrected chi connectivity index (χ1v) is 8.46. The molecule has 25 heavy (non-hydrogen) atoms. The van der Waals surface area contributed by atoms with Crippen LogP contribution in [-0.2, 0) is 11.8 Å². The number of imidazole rings is 1. The minimum Gasteiger partial charge on any atom is -0.376 e. The monoisotopic (exact) mass is 346 g/mol. The van der Waals surface area contributed by atoms with Gasteiger partial charge in [0.25, 0.3) is 0 Å².